The van der Waals surface area contributed by atoms with Crippen molar-refractivity contribution in [2.45, 2.75) is 35.8 Å². The molecular weight excluding hydrogens is 248 g/mol. The first kappa shape index (κ1) is 13.3. The van der Waals surface area contributed by atoms with Crippen molar-refractivity contribution in [1.29, 1.82) is 0 Å². The summed E-state index contributed by atoms with van der Waals surface area (Å²) in [5.41, 5.74) is 0. The van der Waals surface area contributed by atoms with E-state index in [4.69, 9.17) is 9.47 Å². The van der Waals surface area contributed by atoms with Crippen LogP contribution in [0.15, 0.2) is 23.1 Å². The highest BCUT2D eigenvalue weighted by atomic mass is 32.2. The van der Waals surface area contributed by atoms with Gasteiger partial charge in [-0.2, -0.15) is 0 Å². The zero-order valence-corrected chi connectivity index (χ0v) is 11.6. The maximum atomic E-state index is 11.2. The SMILES string of the molecule is COc1ccc(SC2CCC(=O)CC2)c(OC)c1. The summed E-state index contributed by atoms with van der Waals surface area (Å²) >= 11 is 1.80. The predicted molar refractivity (Wildman–Crippen MR) is 72.7 cm³/mol. The number of carbonyl (C=O) groups is 1. The van der Waals surface area contributed by atoms with Gasteiger partial charge in [0.2, 0.25) is 0 Å². The number of ether oxygens (including phenoxy) is 2. The molecule has 98 valence electrons. The summed E-state index contributed by atoms with van der Waals surface area (Å²) in [6.45, 7) is 0. The van der Waals surface area contributed by atoms with Crippen molar-refractivity contribution in [1.82, 2.24) is 0 Å². The maximum Gasteiger partial charge on any atom is 0.136 e. The molecule has 0 spiro atoms. The fourth-order valence-corrected chi connectivity index (χ4v) is 3.32. The van der Waals surface area contributed by atoms with Crippen LogP contribution < -0.4 is 9.47 Å². The molecule has 4 heteroatoms. The summed E-state index contributed by atoms with van der Waals surface area (Å²) < 4.78 is 10.6. The van der Waals surface area contributed by atoms with Crippen LogP contribution in [0, 0.1) is 0 Å². The zero-order valence-electron chi connectivity index (χ0n) is 10.8. The minimum atomic E-state index is 0.397. The van der Waals surface area contributed by atoms with Crippen LogP contribution in [0.2, 0.25) is 0 Å². The Bertz CT molecular complexity index is 421. The van der Waals surface area contributed by atoms with E-state index >= 15 is 0 Å². The number of ketones is 1. The zero-order chi connectivity index (χ0) is 13.0. The van der Waals surface area contributed by atoms with Crippen molar-refractivity contribution < 1.29 is 14.3 Å². The van der Waals surface area contributed by atoms with Crippen LogP contribution >= 0.6 is 11.8 Å². The van der Waals surface area contributed by atoms with E-state index in [0.717, 1.165) is 42.1 Å². The molecule has 0 aromatic heterocycles. The lowest BCUT2D eigenvalue weighted by Gasteiger charge is -2.21. The van der Waals surface area contributed by atoms with Crippen molar-refractivity contribution in [3.05, 3.63) is 18.2 Å². The Balaban J connectivity index is 2.06. The maximum absolute atomic E-state index is 11.2. The second kappa shape index (κ2) is 6.14. The van der Waals surface area contributed by atoms with Crippen molar-refractivity contribution in [3.8, 4) is 11.5 Å². The van der Waals surface area contributed by atoms with Gasteiger partial charge in [-0.1, -0.05) is 0 Å². The van der Waals surface area contributed by atoms with Crippen molar-refractivity contribution >= 4 is 17.5 Å². The molecule has 2 rings (SSSR count). The fourth-order valence-electron chi connectivity index (χ4n) is 2.08. The van der Waals surface area contributed by atoms with Gasteiger partial charge in [0.25, 0.3) is 0 Å². The first-order valence-electron chi connectivity index (χ1n) is 6.13. The quantitative estimate of drug-likeness (QED) is 0.837. The lowest BCUT2D eigenvalue weighted by atomic mass is 9.99. The average Bonchev–Trinajstić information content (AvgIpc) is 2.41. The molecule has 1 aliphatic carbocycles. The number of hydrogen-bond acceptors (Lipinski definition) is 4. The van der Waals surface area contributed by atoms with Crippen LogP contribution in [0.3, 0.4) is 0 Å². The molecule has 3 nitrogen and oxygen atoms in total. The van der Waals surface area contributed by atoms with Crippen LogP contribution in [0.1, 0.15) is 25.7 Å². The monoisotopic (exact) mass is 266 g/mol. The van der Waals surface area contributed by atoms with Crippen molar-refractivity contribution in [2.24, 2.45) is 0 Å². The van der Waals surface area contributed by atoms with Gasteiger partial charge in [0.1, 0.15) is 17.3 Å². The van der Waals surface area contributed by atoms with E-state index in [-0.39, 0.29) is 0 Å². The van der Waals surface area contributed by atoms with Gasteiger partial charge in [-0.15, -0.1) is 11.8 Å². The summed E-state index contributed by atoms with van der Waals surface area (Å²) in [7, 11) is 3.32. The Morgan fingerprint density at radius 1 is 1.17 bits per heavy atom. The molecule has 0 heterocycles. The van der Waals surface area contributed by atoms with Gasteiger partial charge in [0.05, 0.1) is 14.2 Å². The summed E-state index contributed by atoms with van der Waals surface area (Å²) in [5, 5.41) is 0.519. The Hall–Kier alpha value is -1.16. The lowest BCUT2D eigenvalue weighted by molar-refractivity contribution is -0.120. The normalized spacial score (nSPS) is 16.7. The third kappa shape index (κ3) is 3.19. The highest BCUT2D eigenvalue weighted by molar-refractivity contribution is 8.00. The van der Waals surface area contributed by atoms with E-state index in [9.17, 15) is 4.79 Å². The molecule has 1 aromatic rings. The second-order valence-corrected chi connectivity index (χ2v) is 5.71. The van der Waals surface area contributed by atoms with E-state index in [2.05, 4.69) is 0 Å². The molecule has 1 fully saturated rings. The first-order valence-corrected chi connectivity index (χ1v) is 7.01. The fraction of sp³-hybridized carbons (Fsp3) is 0.500. The Morgan fingerprint density at radius 3 is 2.50 bits per heavy atom. The van der Waals surface area contributed by atoms with Crippen molar-refractivity contribution in [2.75, 3.05) is 14.2 Å². The van der Waals surface area contributed by atoms with E-state index < -0.39 is 0 Å². The molecule has 0 bridgehead atoms. The molecule has 1 aromatic carbocycles. The number of benzene rings is 1. The minimum Gasteiger partial charge on any atom is -0.497 e. The number of hydrogen-bond donors (Lipinski definition) is 0. The third-order valence-electron chi connectivity index (χ3n) is 3.15. The van der Waals surface area contributed by atoms with Gasteiger partial charge in [-0.3, -0.25) is 4.79 Å². The highest BCUT2D eigenvalue weighted by Crippen LogP contribution is 2.39. The van der Waals surface area contributed by atoms with Crippen LogP contribution in [-0.4, -0.2) is 25.3 Å². The molecule has 0 amide bonds. The number of Topliss-reactive ketones (excluding diaryl/α,β-unsaturated/α-hetero) is 1. The van der Waals surface area contributed by atoms with Gasteiger partial charge < -0.3 is 9.47 Å². The van der Waals surface area contributed by atoms with Gasteiger partial charge >= 0.3 is 0 Å². The molecule has 0 N–H and O–H groups in total. The van der Waals surface area contributed by atoms with E-state index in [1.54, 1.807) is 26.0 Å². The summed E-state index contributed by atoms with van der Waals surface area (Å²) in [6, 6.07) is 5.87. The number of thioether (sulfide) groups is 1. The Morgan fingerprint density at radius 2 is 1.89 bits per heavy atom. The largest absolute Gasteiger partial charge is 0.497 e. The topological polar surface area (TPSA) is 35.5 Å². The van der Waals surface area contributed by atoms with E-state index in [0.29, 0.717) is 11.0 Å². The van der Waals surface area contributed by atoms with Crippen LogP contribution in [0.5, 0.6) is 11.5 Å². The molecule has 0 aliphatic heterocycles. The van der Waals surface area contributed by atoms with Crippen molar-refractivity contribution in [3.63, 3.8) is 0 Å². The molecule has 1 saturated carbocycles. The number of rotatable bonds is 4. The van der Waals surface area contributed by atoms with Crippen LogP contribution in [0.4, 0.5) is 0 Å². The lowest BCUT2D eigenvalue weighted by Crippen LogP contribution is -2.15. The van der Waals surface area contributed by atoms with Gasteiger partial charge in [0, 0.05) is 29.1 Å². The van der Waals surface area contributed by atoms with Gasteiger partial charge in [-0.25, -0.2) is 0 Å². The Kier molecular flexibility index (Phi) is 4.53. The first-order chi connectivity index (χ1) is 8.72. The summed E-state index contributed by atoms with van der Waals surface area (Å²) in [4.78, 5) is 12.3. The van der Waals surface area contributed by atoms with E-state index in [1.165, 1.54) is 0 Å². The number of methoxy groups -OCH3 is 2. The molecule has 1 aliphatic rings. The standard InChI is InChI=1S/C14H18O3S/c1-16-11-5-8-14(13(9-11)17-2)18-12-6-3-10(15)4-7-12/h5,8-9,12H,3-4,6-7H2,1-2H3. The third-order valence-corrected chi connectivity index (χ3v) is 4.55. The average molecular weight is 266 g/mol. The molecule has 0 unspecified atom stereocenters. The summed E-state index contributed by atoms with van der Waals surface area (Å²) in [6.07, 6.45) is 3.38. The number of carbonyl (C=O) groups excluding carboxylic acids is 1. The Labute approximate surface area is 112 Å². The van der Waals surface area contributed by atoms with Gasteiger partial charge in [-0.05, 0) is 25.0 Å². The minimum absolute atomic E-state index is 0.397. The molecule has 0 radical (unpaired) electrons. The van der Waals surface area contributed by atoms with Gasteiger partial charge in [0.15, 0.2) is 0 Å². The molecular formula is C14H18O3S. The predicted octanol–water partition coefficient (Wildman–Crippen LogP) is 3.31. The second-order valence-electron chi connectivity index (χ2n) is 4.37. The molecule has 0 atom stereocenters. The van der Waals surface area contributed by atoms with Crippen LogP contribution in [-0.2, 0) is 4.79 Å². The highest BCUT2D eigenvalue weighted by Gasteiger charge is 2.20. The smallest absolute Gasteiger partial charge is 0.136 e. The van der Waals surface area contributed by atoms with Crippen LogP contribution in [0.25, 0.3) is 0 Å². The molecule has 18 heavy (non-hydrogen) atoms. The summed E-state index contributed by atoms with van der Waals surface area (Å²) in [5.74, 6) is 2.04. The molecule has 0 saturated heterocycles. The van der Waals surface area contributed by atoms with E-state index in [1.807, 2.05) is 18.2 Å².